The van der Waals surface area contributed by atoms with Gasteiger partial charge in [0.25, 0.3) is 5.91 Å². The molecule has 0 atom stereocenters. The third-order valence-electron chi connectivity index (χ3n) is 4.31. The molecule has 2 aromatic heterocycles. The Bertz CT molecular complexity index is 1190. The third kappa shape index (κ3) is 5.31. The van der Waals surface area contributed by atoms with Crippen LogP contribution in [-0.2, 0) is 13.3 Å². The van der Waals surface area contributed by atoms with Crippen LogP contribution in [0.1, 0.15) is 16.1 Å². The molecule has 0 aliphatic rings. The van der Waals surface area contributed by atoms with E-state index < -0.39 is 11.7 Å². The number of aromatic nitrogens is 4. The highest BCUT2D eigenvalue weighted by Crippen LogP contribution is 2.20. The second kappa shape index (κ2) is 9.32. The van der Waals surface area contributed by atoms with Crippen LogP contribution in [0.15, 0.2) is 71.5 Å². The number of nitrogens with zero attached hydrogens (tertiary/aromatic N) is 4. The maximum absolute atomic E-state index is 13.9. The number of anilines is 1. The highest BCUT2D eigenvalue weighted by atomic mass is 79.9. The molecule has 0 aliphatic carbocycles. The van der Waals surface area contributed by atoms with E-state index in [1.54, 1.807) is 36.7 Å². The molecule has 1 N–H and O–H groups in total. The van der Waals surface area contributed by atoms with Crippen LogP contribution in [0.25, 0.3) is 0 Å². The van der Waals surface area contributed by atoms with E-state index in [2.05, 4.69) is 31.4 Å². The average molecular weight is 505 g/mol. The van der Waals surface area contributed by atoms with Gasteiger partial charge < -0.3 is 10.1 Å². The molecule has 7 nitrogen and oxygen atoms in total. The average Bonchev–Trinajstić information content (AvgIpc) is 3.40. The molecule has 4 aromatic rings. The SMILES string of the molecule is O=C(Nc1ccn(Cc2c(F)cccc2Cl)n1)c1ccn(COc2ccc(Br)cc2)n1. The first kappa shape index (κ1) is 21.1. The van der Waals surface area contributed by atoms with E-state index in [0.29, 0.717) is 22.2 Å². The van der Waals surface area contributed by atoms with Crippen LogP contribution in [0.3, 0.4) is 0 Å². The zero-order valence-corrected chi connectivity index (χ0v) is 18.3. The smallest absolute Gasteiger partial charge is 0.277 e. The van der Waals surface area contributed by atoms with Crippen molar-refractivity contribution in [3.63, 3.8) is 0 Å². The molecule has 0 spiro atoms. The number of amides is 1. The predicted molar refractivity (Wildman–Crippen MR) is 118 cm³/mol. The van der Waals surface area contributed by atoms with Gasteiger partial charge in [0.2, 0.25) is 0 Å². The number of ether oxygens (including phenoxy) is 1. The van der Waals surface area contributed by atoms with Crippen molar-refractivity contribution in [1.29, 1.82) is 0 Å². The molecule has 2 heterocycles. The van der Waals surface area contributed by atoms with Gasteiger partial charge in [-0.1, -0.05) is 33.6 Å². The van der Waals surface area contributed by atoms with Gasteiger partial charge in [-0.3, -0.25) is 9.48 Å². The lowest BCUT2D eigenvalue weighted by atomic mass is 10.2. The first-order valence-electron chi connectivity index (χ1n) is 9.17. The molecule has 0 aliphatic heterocycles. The number of carbonyl (C=O) groups excluding carboxylic acids is 1. The number of carbonyl (C=O) groups is 1. The fourth-order valence-electron chi connectivity index (χ4n) is 2.77. The van der Waals surface area contributed by atoms with E-state index in [0.717, 1.165) is 4.47 Å². The fraction of sp³-hybridized carbons (Fsp3) is 0.0952. The van der Waals surface area contributed by atoms with E-state index in [9.17, 15) is 9.18 Å². The molecule has 0 bridgehead atoms. The Labute approximate surface area is 190 Å². The molecule has 0 radical (unpaired) electrons. The summed E-state index contributed by atoms with van der Waals surface area (Å²) in [5.74, 6) is 0.171. The van der Waals surface area contributed by atoms with Crippen molar-refractivity contribution in [3.8, 4) is 5.75 Å². The lowest BCUT2D eigenvalue weighted by molar-refractivity contribution is 0.101. The molecule has 158 valence electrons. The Kier molecular flexibility index (Phi) is 6.34. The van der Waals surface area contributed by atoms with E-state index in [4.69, 9.17) is 16.3 Å². The van der Waals surface area contributed by atoms with Gasteiger partial charge >= 0.3 is 0 Å². The van der Waals surface area contributed by atoms with E-state index in [1.165, 1.54) is 15.4 Å². The zero-order chi connectivity index (χ0) is 21.8. The van der Waals surface area contributed by atoms with Gasteiger partial charge in [-0.2, -0.15) is 10.2 Å². The number of hydrogen-bond donors (Lipinski definition) is 1. The highest BCUT2D eigenvalue weighted by Gasteiger charge is 2.13. The predicted octanol–water partition coefficient (Wildman–Crippen LogP) is 4.97. The molecule has 2 aromatic carbocycles. The number of benzene rings is 2. The van der Waals surface area contributed by atoms with Gasteiger partial charge in [-0.05, 0) is 42.5 Å². The molecule has 0 fully saturated rings. The largest absolute Gasteiger partial charge is 0.471 e. The Balaban J connectivity index is 1.35. The molecule has 1 amide bonds. The van der Waals surface area contributed by atoms with E-state index in [-0.39, 0.29) is 19.0 Å². The molecule has 4 rings (SSSR count). The van der Waals surface area contributed by atoms with Crippen molar-refractivity contribution in [2.45, 2.75) is 13.3 Å². The number of hydrogen-bond acceptors (Lipinski definition) is 4. The van der Waals surface area contributed by atoms with Crippen molar-refractivity contribution in [2.24, 2.45) is 0 Å². The molecule has 0 unspecified atom stereocenters. The molecule has 0 saturated heterocycles. The van der Waals surface area contributed by atoms with Gasteiger partial charge in [-0.25, -0.2) is 9.07 Å². The van der Waals surface area contributed by atoms with Crippen molar-refractivity contribution >= 4 is 39.3 Å². The van der Waals surface area contributed by atoms with Crippen LogP contribution in [0, 0.1) is 5.82 Å². The second-order valence-electron chi connectivity index (χ2n) is 6.52. The summed E-state index contributed by atoms with van der Waals surface area (Å²) in [6.07, 6.45) is 3.27. The maximum atomic E-state index is 13.9. The van der Waals surface area contributed by atoms with Crippen molar-refractivity contribution < 1.29 is 13.9 Å². The monoisotopic (exact) mass is 503 g/mol. The number of rotatable bonds is 7. The lowest BCUT2D eigenvalue weighted by Crippen LogP contribution is -2.15. The van der Waals surface area contributed by atoms with Crippen LogP contribution in [0.2, 0.25) is 5.02 Å². The summed E-state index contributed by atoms with van der Waals surface area (Å²) >= 11 is 9.42. The van der Waals surface area contributed by atoms with Gasteiger partial charge in [-0.15, -0.1) is 0 Å². The molecule has 0 saturated carbocycles. The van der Waals surface area contributed by atoms with Crippen LogP contribution in [0.5, 0.6) is 5.75 Å². The van der Waals surface area contributed by atoms with Gasteiger partial charge in [0.05, 0.1) is 6.54 Å². The lowest BCUT2D eigenvalue weighted by Gasteiger charge is -2.06. The Morgan fingerprint density at radius 3 is 2.61 bits per heavy atom. The Morgan fingerprint density at radius 2 is 1.84 bits per heavy atom. The topological polar surface area (TPSA) is 74.0 Å². The number of nitrogens with one attached hydrogen (secondary N) is 1. The first-order valence-corrected chi connectivity index (χ1v) is 10.3. The molecule has 10 heteroatoms. The van der Waals surface area contributed by atoms with E-state index >= 15 is 0 Å². The van der Waals surface area contributed by atoms with E-state index in [1.807, 2.05) is 24.3 Å². The summed E-state index contributed by atoms with van der Waals surface area (Å²) < 4.78 is 23.5. The van der Waals surface area contributed by atoms with Gasteiger partial charge in [0, 0.05) is 33.5 Å². The quantitative estimate of drug-likeness (QED) is 0.386. The van der Waals surface area contributed by atoms with Crippen molar-refractivity contribution in [2.75, 3.05) is 5.32 Å². The summed E-state index contributed by atoms with van der Waals surface area (Å²) in [6, 6.07) is 15.1. The summed E-state index contributed by atoms with van der Waals surface area (Å²) in [5, 5.41) is 11.4. The summed E-state index contributed by atoms with van der Waals surface area (Å²) in [6.45, 7) is 0.302. The normalized spacial score (nSPS) is 10.8. The maximum Gasteiger partial charge on any atom is 0.277 e. The minimum absolute atomic E-state index is 0.142. The highest BCUT2D eigenvalue weighted by molar-refractivity contribution is 9.10. The Hall–Kier alpha value is -3.17. The van der Waals surface area contributed by atoms with Gasteiger partial charge in [0.15, 0.2) is 18.2 Å². The third-order valence-corrected chi connectivity index (χ3v) is 5.20. The van der Waals surface area contributed by atoms with Crippen LogP contribution >= 0.6 is 27.5 Å². The van der Waals surface area contributed by atoms with Crippen LogP contribution in [0.4, 0.5) is 10.2 Å². The summed E-state index contributed by atoms with van der Waals surface area (Å²) in [4.78, 5) is 12.5. The fourth-order valence-corrected chi connectivity index (χ4v) is 3.26. The number of halogens is 3. The minimum atomic E-state index is -0.420. The second-order valence-corrected chi connectivity index (χ2v) is 7.84. The van der Waals surface area contributed by atoms with Crippen LogP contribution in [-0.4, -0.2) is 25.5 Å². The standard InChI is InChI=1S/C21H16BrClFN5O2/c22-14-4-6-15(7-5-14)31-13-29-10-8-19(26-29)21(30)25-20-9-11-28(27-20)12-16-17(23)2-1-3-18(16)24/h1-11H,12-13H2,(H,25,27,30). The summed E-state index contributed by atoms with van der Waals surface area (Å²) in [7, 11) is 0. The van der Waals surface area contributed by atoms with Crippen molar-refractivity contribution in [3.05, 3.63) is 93.6 Å². The molecular formula is C21H16BrClFN5O2. The molecular weight excluding hydrogens is 489 g/mol. The minimum Gasteiger partial charge on any atom is -0.471 e. The van der Waals surface area contributed by atoms with Crippen molar-refractivity contribution in [1.82, 2.24) is 19.6 Å². The summed E-state index contributed by atoms with van der Waals surface area (Å²) in [5.41, 5.74) is 0.542. The molecule has 31 heavy (non-hydrogen) atoms. The van der Waals surface area contributed by atoms with Gasteiger partial charge in [0.1, 0.15) is 11.6 Å². The van der Waals surface area contributed by atoms with Crippen LogP contribution < -0.4 is 10.1 Å². The Morgan fingerprint density at radius 1 is 1.06 bits per heavy atom. The zero-order valence-electron chi connectivity index (χ0n) is 16.0. The first-order chi connectivity index (χ1) is 15.0.